The Labute approximate surface area is 269 Å². The van der Waals surface area contributed by atoms with Crippen molar-refractivity contribution in [1.82, 2.24) is 19.8 Å². The van der Waals surface area contributed by atoms with Crippen LogP contribution in [0.25, 0.3) is 0 Å². The number of amides is 1. The summed E-state index contributed by atoms with van der Waals surface area (Å²) >= 11 is 0. The van der Waals surface area contributed by atoms with Crippen LogP contribution >= 0.6 is 0 Å². The molecule has 1 aromatic heterocycles. The van der Waals surface area contributed by atoms with Crippen LogP contribution in [0.4, 0.5) is 37.8 Å². The van der Waals surface area contributed by atoms with Crippen LogP contribution < -0.4 is 15.4 Å². The number of anilines is 2. The zero-order valence-corrected chi connectivity index (χ0v) is 26.8. The number of ether oxygens (including phenoxy) is 1. The molecule has 47 heavy (non-hydrogen) atoms. The number of fused-ring (bicyclic) bond motifs is 1. The summed E-state index contributed by atoms with van der Waals surface area (Å²) in [5, 5.41) is 9.48. The number of nitrogens with two attached hydrogens (primary N) is 1. The summed E-state index contributed by atoms with van der Waals surface area (Å²) in [6.45, 7) is 4.92. The zero-order valence-electron chi connectivity index (χ0n) is 26.8. The summed E-state index contributed by atoms with van der Waals surface area (Å²) in [6, 6.07) is 2.08. The number of piperazine rings is 1. The van der Waals surface area contributed by atoms with Crippen LogP contribution in [-0.4, -0.2) is 89.9 Å². The highest BCUT2D eigenvalue weighted by Crippen LogP contribution is 2.47. The molecule has 9 nitrogen and oxygen atoms in total. The number of hydrogen-bond acceptors (Lipinski definition) is 8. The van der Waals surface area contributed by atoms with E-state index in [2.05, 4.69) is 11.1 Å². The minimum Gasteiger partial charge on any atom is -0.462 e. The predicted octanol–water partition coefficient (Wildman–Crippen LogP) is 4.75. The number of halogens is 6. The smallest absolute Gasteiger partial charge is 0.417 e. The van der Waals surface area contributed by atoms with Crippen LogP contribution in [0.3, 0.4) is 0 Å². The first-order chi connectivity index (χ1) is 22.1. The van der Waals surface area contributed by atoms with E-state index < -0.39 is 59.2 Å². The second-order valence-electron chi connectivity index (χ2n) is 13.0. The molecule has 2 N–H and O–H groups in total. The van der Waals surface area contributed by atoms with E-state index in [-0.39, 0.29) is 81.8 Å². The van der Waals surface area contributed by atoms with Gasteiger partial charge in [-0.2, -0.15) is 28.4 Å². The Morgan fingerprint density at radius 2 is 1.94 bits per heavy atom. The molecule has 3 aliphatic rings. The van der Waals surface area contributed by atoms with E-state index in [1.807, 2.05) is 9.80 Å². The van der Waals surface area contributed by atoms with Gasteiger partial charge in [0.25, 0.3) is 5.91 Å². The topological polar surface area (TPSA) is 112 Å². The van der Waals surface area contributed by atoms with Gasteiger partial charge in [0.2, 0.25) is 0 Å². The molecular weight excluding hydrogens is 628 g/mol. The van der Waals surface area contributed by atoms with Crippen molar-refractivity contribution in [3.63, 3.8) is 0 Å². The fourth-order valence-corrected chi connectivity index (χ4v) is 7.25. The van der Waals surface area contributed by atoms with Gasteiger partial charge in [-0.15, -0.1) is 0 Å². The maximum Gasteiger partial charge on any atom is 0.417 e. The lowest BCUT2D eigenvalue weighted by atomic mass is 9.73. The molecule has 0 spiro atoms. The number of hydrogen-bond donors (Lipinski definition) is 1. The number of alkyl halides is 5. The lowest BCUT2D eigenvalue weighted by Crippen LogP contribution is -2.57. The van der Waals surface area contributed by atoms with Gasteiger partial charge in [-0.05, 0) is 63.6 Å². The molecule has 2 aromatic rings. The number of aromatic nitrogens is 2. The van der Waals surface area contributed by atoms with Gasteiger partial charge in [-0.25, -0.2) is 13.2 Å². The maximum atomic E-state index is 15.6. The van der Waals surface area contributed by atoms with Crippen molar-refractivity contribution in [1.29, 1.82) is 5.26 Å². The number of benzene rings is 1. The Hall–Kier alpha value is -3.80. The Morgan fingerprint density at radius 3 is 2.55 bits per heavy atom. The van der Waals surface area contributed by atoms with Crippen molar-refractivity contribution in [2.24, 2.45) is 5.92 Å². The van der Waals surface area contributed by atoms with E-state index in [9.17, 15) is 32.0 Å². The fraction of sp³-hybridized carbons (Fsp3) is 0.625. The van der Waals surface area contributed by atoms with Crippen molar-refractivity contribution >= 4 is 17.4 Å². The molecule has 0 bridgehead atoms. The quantitative estimate of drug-likeness (QED) is 0.333. The second-order valence-corrected chi connectivity index (χ2v) is 13.0. The standard InChI is InChI=1S/C32H39F6N7O2/c1-16-9-23-25(12-22(16)26-27(32(36,37)38)17(2)10-24(40)28(26)35)41-31(47-15-21-11-19(34)13-43(21)4)42-29(23)44-7-8-45(30(46)18(3)33)20(14-44)5-6-39/h10,16,18-22H,5,7-9,11-15,40H2,1-4H3/t16-,18?,19+,20-,21-,22-/m0/s1. The predicted molar refractivity (Wildman–Crippen MR) is 162 cm³/mol. The van der Waals surface area contributed by atoms with Crippen LogP contribution in [0.2, 0.25) is 0 Å². The second kappa shape index (κ2) is 13.4. The molecule has 15 heteroatoms. The molecule has 5 rings (SSSR count). The summed E-state index contributed by atoms with van der Waals surface area (Å²) in [4.78, 5) is 26.9. The van der Waals surface area contributed by atoms with E-state index in [1.54, 1.807) is 14.0 Å². The molecular formula is C32H39F6N7O2. The third kappa shape index (κ3) is 6.93. The molecule has 1 aliphatic carbocycles. The highest BCUT2D eigenvalue weighted by molar-refractivity contribution is 5.81. The van der Waals surface area contributed by atoms with E-state index >= 15 is 4.39 Å². The molecule has 2 fully saturated rings. The number of likely N-dealkylation sites (tertiary alicyclic amines) is 1. The Balaban J connectivity index is 1.56. The first-order valence-electron chi connectivity index (χ1n) is 15.7. The molecule has 6 atom stereocenters. The molecule has 2 aliphatic heterocycles. The third-order valence-electron chi connectivity index (χ3n) is 9.63. The Kier molecular flexibility index (Phi) is 9.82. The van der Waals surface area contributed by atoms with Gasteiger partial charge >= 0.3 is 12.2 Å². The summed E-state index contributed by atoms with van der Waals surface area (Å²) in [7, 11) is 1.77. The highest BCUT2D eigenvalue weighted by atomic mass is 19.4. The molecule has 3 heterocycles. The average Bonchev–Trinajstić information content (AvgIpc) is 3.32. The molecule has 256 valence electrons. The SMILES string of the molecule is Cc1cc(N)c(F)c([C@H]2Cc3nc(OC[C@@H]4C[C@@H](F)CN4C)nc(N4CCN(C(=O)C(C)F)[C@@H](CC#N)C4)c3C[C@@H]2C)c1C(F)(F)F. The van der Waals surface area contributed by atoms with E-state index in [0.29, 0.717) is 17.1 Å². The van der Waals surface area contributed by atoms with Gasteiger partial charge < -0.3 is 20.3 Å². The maximum absolute atomic E-state index is 15.6. The van der Waals surface area contributed by atoms with Crippen LogP contribution in [0, 0.1) is 30.0 Å². The van der Waals surface area contributed by atoms with Crippen molar-refractivity contribution in [2.75, 3.05) is 50.5 Å². The average molecular weight is 668 g/mol. The number of aryl methyl sites for hydroxylation is 1. The van der Waals surface area contributed by atoms with Gasteiger partial charge in [-0.1, -0.05) is 6.92 Å². The summed E-state index contributed by atoms with van der Waals surface area (Å²) < 4.78 is 92.6. The summed E-state index contributed by atoms with van der Waals surface area (Å²) in [6.07, 6.45) is -7.28. The number of carbonyl (C=O) groups is 1. The fourth-order valence-electron chi connectivity index (χ4n) is 7.25. The van der Waals surface area contributed by atoms with Gasteiger partial charge in [0.1, 0.15) is 24.4 Å². The highest BCUT2D eigenvalue weighted by Gasteiger charge is 2.43. The molecule has 1 amide bonds. The van der Waals surface area contributed by atoms with Gasteiger partial charge in [0, 0.05) is 43.3 Å². The van der Waals surface area contributed by atoms with Gasteiger partial charge in [-0.3, -0.25) is 9.69 Å². The Bertz CT molecular complexity index is 1550. The third-order valence-corrected chi connectivity index (χ3v) is 9.63. The first-order valence-corrected chi connectivity index (χ1v) is 15.7. The van der Waals surface area contributed by atoms with Crippen molar-refractivity contribution in [3.8, 4) is 12.1 Å². The number of nitrogen functional groups attached to an aromatic ring is 1. The van der Waals surface area contributed by atoms with Gasteiger partial charge in [0.15, 0.2) is 6.17 Å². The molecule has 1 unspecified atom stereocenters. The number of rotatable bonds is 7. The number of likely N-dealkylation sites (N-methyl/N-ethyl adjacent to an activating group) is 1. The largest absolute Gasteiger partial charge is 0.462 e. The number of carbonyl (C=O) groups excluding carboxylic acids is 1. The Morgan fingerprint density at radius 1 is 1.21 bits per heavy atom. The minimum absolute atomic E-state index is 0.0588. The van der Waals surface area contributed by atoms with Crippen LogP contribution in [0.1, 0.15) is 60.6 Å². The first kappa shape index (κ1) is 34.5. The normalized spacial score (nSPS) is 25.8. The van der Waals surface area contributed by atoms with Crippen LogP contribution in [-0.2, 0) is 23.8 Å². The van der Waals surface area contributed by atoms with Crippen LogP contribution in [0.5, 0.6) is 6.01 Å². The lowest BCUT2D eigenvalue weighted by Gasteiger charge is -2.43. The lowest BCUT2D eigenvalue weighted by molar-refractivity contribution is -0.139. The van der Waals surface area contributed by atoms with E-state index in [1.165, 1.54) is 11.8 Å². The number of nitriles is 1. The summed E-state index contributed by atoms with van der Waals surface area (Å²) in [5.74, 6) is -2.84. The monoisotopic (exact) mass is 667 g/mol. The van der Waals surface area contributed by atoms with Crippen molar-refractivity contribution in [2.45, 2.75) is 83.0 Å². The van der Waals surface area contributed by atoms with Crippen molar-refractivity contribution in [3.05, 3.63) is 39.8 Å². The molecule has 2 saturated heterocycles. The van der Waals surface area contributed by atoms with E-state index in [0.717, 1.165) is 13.0 Å². The minimum atomic E-state index is -4.83. The number of nitrogens with zero attached hydrogens (tertiary/aromatic N) is 6. The van der Waals surface area contributed by atoms with E-state index in [4.69, 9.17) is 15.5 Å². The molecule has 0 radical (unpaired) electrons. The summed E-state index contributed by atoms with van der Waals surface area (Å²) in [5.41, 5.74) is 4.73. The molecule has 1 aromatic carbocycles. The zero-order chi connectivity index (χ0) is 34.4. The molecule has 0 saturated carbocycles. The van der Waals surface area contributed by atoms with Crippen molar-refractivity contribution < 1.29 is 35.9 Å². The van der Waals surface area contributed by atoms with Crippen LogP contribution in [0.15, 0.2) is 6.07 Å². The van der Waals surface area contributed by atoms with Gasteiger partial charge in [0.05, 0.1) is 35.5 Å².